The lowest BCUT2D eigenvalue weighted by molar-refractivity contribution is -0.139. The zero-order valence-electron chi connectivity index (χ0n) is 34.7. The summed E-state index contributed by atoms with van der Waals surface area (Å²) in [4.78, 5) is 101. The number of β-amino-alcohol motifs (C(OH)–C–C–N with tert-alkyl or cyclic N) is 1. The number of rotatable bonds is 23. The van der Waals surface area contributed by atoms with E-state index >= 15 is 0 Å². The van der Waals surface area contributed by atoms with Crippen LogP contribution in [0, 0.1) is 0 Å². The van der Waals surface area contributed by atoms with Crippen LogP contribution in [0.25, 0.3) is 10.9 Å². The molecule has 61 heavy (non-hydrogen) atoms. The third-order valence-corrected chi connectivity index (χ3v) is 10.4. The van der Waals surface area contributed by atoms with Crippen LogP contribution in [-0.4, -0.2) is 118 Å². The second-order valence-corrected chi connectivity index (χ2v) is 15.1. The number of primary amides is 1. The van der Waals surface area contributed by atoms with Crippen molar-refractivity contribution in [2.75, 3.05) is 19.6 Å². The number of unbranched alkanes of at least 4 members (excludes halogenated alkanes) is 1. The van der Waals surface area contributed by atoms with Crippen molar-refractivity contribution in [2.24, 2.45) is 22.2 Å². The molecule has 2 aromatic carbocycles. The van der Waals surface area contributed by atoms with Gasteiger partial charge < -0.3 is 58.8 Å². The van der Waals surface area contributed by atoms with Gasteiger partial charge in [-0.05, 0) is 49.3 Å². The number of aliphatic hydroxyl groups is 1. The van der Waals surface area contributed by atoms with Gasteiger partial charge in [0.15, 0.2) is 5.96 Å². The van der Waals surface area contributed by atoms with Crippen molar-refractivity contribution in [3.63, 3.8) is 0 Å². The summed E-state index contributed by atoms with van der Waals surface area (Å²) in [5.41, 5.74) is 18.9. The molecule has 1 aliphatic rings. The van der Waals surface area contributed by atoms with E-state index in [-0.39, 0.29) is 75.8 Å². The number of nitrogens with two attached hydrogens (primary N) is 3. The number of likely N-dealkylation sites (tertiary alicyclic amines) is 1. The number of para-hydroxylation sites is 1. The van der Waals surface area contributed by atoms with Gasteiger partial charge in [0.25, 0.3) is 0 Å². The fraction of sp³-hybridized carbons (Fsp3) is 0.476. The fourth-order valence-electron chi connectivity index (χ4n) is 7.21. The Balaban J connectivity index is 1.61. The maximum Gasteiger partial charge on any atom is 0.243 e. The third-order valence-electron chi connectivity index (χ3n) is 10.4. The lowest BCUT2D eigenvalue weighted by Gasteiger charge is -2.28. The van der Waals surface area contributed by atoms with Crippen LogP contribution in [0.2, 0.25) is 0 Å². The Bertz CT molecular complexity index is 2020. The summed E-state index contributed by atoms with van der Waals surface area (Å²) in [5, 5.41) is 24.8. The molecule has 0 spiro atoms. The van der Waals surface area contributed by atoms with Gasteiger partial charge in [0.1, 0.15) is 30.2 Å². The van der Waals surface area contributed by atoms with E-state index in [1.807, 2.05) is 24.3 Å². The quantitative estimate of drug-likeness (QED) is 0.0319. The molecule has 3 aromatic rings. The number of fused-ring (bicyclic) bond motifs is 1. The van der Waals surface area contributed by atoms with Crippen LogP contribution in [0.4, 0.5) is 0 Å². The molecule has 0 bridgehead atoms. The summed E-state index contributed by atoms with van der Waals surface area (Å²) in [7, 11) is 0. The second-order valence-electron chi connectivity index (χ2n) is 15.1. The number of hydrogen-bond acceptors (Lipinski definition) is 9. The maximum atomic E-state index is 14.3. The first-order chi connectivity index (χ1) is 29.2. The average molecular weight is 846 g/mol. The van der Waals surface area contributed by atoms with Gasteiger partial charge in [0.2, 0.25) is 41.4 Å². The van der Waals surface area contributed by atoms with E-state index in [1.165, 1.54) is 11.8 Å². The molecule has 0 aliphatic carbocycles. The number of amides is 7. The van der Waals surface area contributed by atoms with E-state index in [0.717, 1.165) is 10.9 Å². The molecule has 330 valence electrons. The molecule has 0 unspecified atom stereocenters. The highest BCUT2D eigenvalue weighted by Gasteiger charge is 2.40. The monoisotopic (exact) mass is 845 g/mol. The highest BCUT2D eigenvalue weighted by Crippen LogP contribution is 2.21. The van der Waals surface area contributed by atoms with E-state index in [4.69, 9.17) is 17.2 Å². The minimum Gasteiger partial charge on any atom is -0.391 e. The van der Waals surface area contributed by atoms with E-state index in [0.29, 0.717) is 30.5 Å². The molecular formula is C42H59N11O8. The Morgan fingerprint density at radius 1 is 0.803 bits per heavy atom. The number of aliphatic imine (C=N–C) groups is 1. The molecular weight excluding hydrogens is 787 g/mol. The Hall–Kier alpha value is -6.50. The number of nitrogens with zero attached hydrogens (tertiary/aromatic N) is 2. The van der Waals surface area contributed by atoms with Gasteiger partial charge in [0.05, 0.1) is 6.10 Å². The van der Waals surface area contributed by atoms with Gasteiger partial charge >= 0.3 is 0 Å². The predicted molar refractivity (Wildman–Crippen MR) is 228 cm³/mol. The van der Waals surface area contributed by atoms with Gasteiger partial charge in [-0.3, -0.25) is 38.6 Å². The smallest absolute Gasteiger partial charge is 0.243 e. The standard InChI is InChI=1S/C42H59N11O8/c1-3-36(56)53-24-28(55)22-35(53)41(61)52-33(20-26-12-5-4-6-13-26)39(59)50-32(17-11-19-47-42(44)45)38(58)51-34(21-27-23-48-30-15-8-7-14-29(27)30)40(60)49-31(37(43)57)16-9-10-18-46-25(2)54/h4-8,12-15,23,28,31-35,48,55H,3,9-11,16-22,24H2,1-2H3,(H2,43,57)(H,46,54)(H,49,60)(H,50,59)(H,51,58)(H,52,61)(H4,44,45,47)/t28-,31+,32+,33-,34+,35+/m1/s1. The molecule has 13 N–H and O–H groups in total. The maximum absolute atomic E-state index is 14.3. The van der Waals surface area contributed by atoms with E-state index in [1.54, 1.807) is 43.5 Å². The minimum atomic E-state index is -1.28. The number of benzene rings is 2. The summed E-state index contributed by atoms with van der Waals surface area (Å²) in [5.74, 6) is -4.28. The lowest BCUT2D eigenvalue weighted by atomic mass is 10.0. The van der Waals surface area contributed by atoms with Gasteiger partial charge in [-0.15, -0.1) is 0 Å². The number of hydrogen-bond donors (Lipinski definition) is 10. The van der Waals surface area contributed by atoms with Gasteiger partial charge in [-0.1, -0.05) is 55.5 Å². The van der Waals surface area contributed by atoms with Crippen molar-refractivity contribution in [3.8, 4) is 0 Å². The zero-order valence-corrected chi connectivity index (χ0v) is 34.7. The SMILES string of the molecule is CCC(=O)N1C[C@H](O)C[C@H]1C(=O)N[C@H](Cc1ccccc1)C(=O)N[C@@H](CCCN=C(N)N)C(=O)N[C@@H](Cc1c[nH]c2ccccc12)C(=O)N[C@@H](CCCCNC(C)=O)C(N)=O. The first-order valence-corrected chi connectivity index (χ1v) is 20.5. The summed E-state index contributed by atoms with van der Waals surface area (Å²) >= 11 is 0. The summed E-state index contributed by atoms with van der Waals surface area (Å²) in [6.45, 7) is 3.50. The molecule has 1 saturated heterocycles. The van der Waals surface area contributed by atoms with E-state index in [9.17, 15) is 38.7 Å². The molecule has 0 saturated carbocycles. The number of aliphatic hydroxyl groups excluding tert-OH is 1. The van der Waals surface area contributed by atoms with Crippen LogP contribution < -0.4 is 43.8 Å². The van der Waals surface area contributed by atoms with Crippen molar-refractivity contribution in [2.45, 2.75) is 108 Å². The molecule has 6 atom stereocenters. The molecule has 0 radical (unpaired) electrons. The first kappa shape index (κ1) is 47.2. The number of H-pyrrole nitrogens is 1. The Labute approximate surface area is 354 Å². The third kappa shape index (κ3) is 14.6. The van der Waals surface area contributed by atoms with Crippen LogP contribution in [0.5, 0.6) is 0 Å². The normalized spacial score (nSPS) is 16.7. The van der Waals surface area contributed by atoms with Crippen LogP contribution in [0.3, 0.4) is 0 Å². The van der Waals surface area contributed by atoms with Crippen molar-refractivity contribution in [1.29, 1.82) is 0 Å². The molecule has 7 amide bonds. The average Bonchev–Trinajstić information content (AvgIpc) is 3.83. The topological polar surface area (TPSA) is 309 Å². The van der Waals surface area contributed by atoms with Crippen molar-refractivity contribution >= 4 is 58.2 Å². The summed E-state index contributed by atoms with van der Waals surface area (Å²) in [6, 6.07) is 10.4. The lowest BCUT2D eigenvalue weighted by Crippen LogP contribution is -2.59. The van der Waals surface area contributed by atoms with Crippen molar-refractivity contribution in [1.82, 2.24) is 36.5 Å². The molecule has 19 nitrogen and oxygen atoms in total. The fourth-order valence-corrected chi connectivity index (χ4v) is 7.21. The number of guanidine groups is 1. The Kier molecular flexibility index (Phi) is 18.0. The number of nitrogens with one attached hydrogen (secondary N) is 6. The van der Waals surface area contributed by atoms with E-state index < -0.39 is 65.8 Å². The van der Waals surface area contributed by atoms with Gasteiger partial charge in [0, 0.05) is 69.3 Å². The second kappa shape index (κ2) is 23.3. The Morgan fingerprint density at radius 2 is 1.43 bits per heavy atom. The summed E-state index contributed by atoms with van der Waals surface area (Å²) < 4.78 is 0. The Morgan fingerprint density at radius 3 is 2.10 bits per heavy atom. The first-order valence-electron chi connectivity index (χ1n) is 20.5. The molecule has 1 aliphatic heterocycles. The number of aromatic amines is 1. The highest BCUT2D eigenvalue weighted by molar-refractivity contribution is 5.97. The van der Waals surface area contributed by atoms with Crippen LogP contribution in [0.1, 0.15) is 69.9 Å². The molecule has 2 heterocycles. The largest absolute Gasteiger partial charge is 0.391 e. The minimum absolute atomic E-state index is 0.00753. The molecule has 4 rings (SSSR count). The predicted octanol–water partition coefficient (Wildman–Crippen LogP) is -0.891. The van der Waals surface area contributed by atoms with Crippen LogP contribution in [-0.2, 0) is 46.4 Å². The number of carbonyl (C=O) groups is 7. The summed E-state index contributed by atoms with van der Waals surface area (Å²) in [6.07, 6.45) is 2.28. The van der Waals surface area contributed by atoms with Crippen molar-refractivity contribution < 1.29 is 38.7 Å². The molecule has 19 heteroatoms. The highest BCUT2D eigenvalue weighted by atomic mass is 16.3. The zero-order chi connectivity index (χ0) is 44.5. The number of aromatic nitrogens is 1. The van der Waals surface area contributed by atoms with E-state index in [2.05, 4.69) is 36.6 Å². The van der Waals surface area contributed by atoms with Crippen LogP contribution >= 0.6 is 0 Å². The molecule has 1 aromatic heterocycles. The van der Waals surface area contributed by atoms with Crippen molar-refractivity contribution in [3.05, 3.63) is 71.9 Å². The van der Waals surface area contributed by atoms with Gasteiger partial charge in [-0.25, -0.2) is 0 Å². The van der Waals surface area contributed by atoms with Gasteiger partial charge in [-0.2, -0.15) is 0 Å². The molecule has 1 fully saturated rings. The number of carbonyl (C=O) groups excluding carboxylic acids is 7. The van der Waals surface area contributed by atoms with Crippen LogP contribution in [0.15, 0.2) is 65.8 Å².